The normalized spacial score (nSPS) is 9.80. The average Bonchev–Trinajstić information content (AvgIpc) is 3.01. The summed E-state index contributed by atoms with van der Waals surface area (Å²) in [6, 6.07) is 40.7. The van der Waals surface area contributed by atoms with Crippen molar-refractivity contribution in [1.82, 2.24) is 0 Å². The molecule has 0 saturated heterocycles. The lowest BCUT2D eigenvalue weighted by atomic mass is 10.1. The minimum Gasteiger partial charge on any atom is -0.322 e. The van der Waals surface area contributed by atoms with Gasteiger partial charge in [-0.1, -0.05) is 66.1 Å². The maximum absolute atomic E-state index is 12.9. The van der Waals surface area contributed by atoms with E-state index in [1.54, 1.807) is 48.5 Å². The van der Waals surface area contributed by atoms with Gasteiger partial charge in [-0.25, -0.2) is 0 Å². The zero-order valence-corrected chi connectivity index (χ0v) is 21.5. The van der Waals surface area contributed by atoms with Gasteiger partial charge in [0.2, 0.25) is 0 Å². The van der Waals surface area contributed by atoms with Gasteiger partial charge in [-0.05, 0) is 91.0 Å². The Morgan fingerprint density at radius 3 is 1.12 bits per heavy atom. The Kier molecular flexibility index (Phi) is 8.13. The summed E-state index contributed by atoms with van der Waals surface area (Å²) in [6.45, 7) is 0. The Hall–Kier alpha value is -5.84. The molecule has 0 fully saturated rings. The maximum Gasteiger partial charge on any atom is 0.255 e. The van der Waals surface area contributed by atoms with E-state index in [0.717, 1.165) is 22.3 Å². The number of anilines is 2. The second-order valence-corrected chi connectivity index (χ2v) is 8.88. The molecule has 0 heterocycles. The summed E-state index contributed by atoms with van der Waals surface area (Å²) >= 11 is 0. The molecule has 5 aromatic carbocycles. The molecule has 5 aromatic rings. The first-order chi connectivity index (χ1) is 19.6. The lowest BCUT2D eigenvalue weighted by Gasteiger charge is -2.08. The van der Waals surface area contributed by atoms with Gasteiger partial charge in [0.1, 0.15) is 0 Å². The molecular formula is C36H24N2O2. The monoisotopic (exact) mass is 516 g/mol. The van der Waals surface area contributed by atoms with Crippen molar-refractivity contribution in [3.8, 4) is 23.7 Å². The van der Waals surface area contributed by atoms with Gasteiger partial charge in [0, 0.05) is 44.8 Å². The maximum atomic E-state index is 12.9. The molecular weight excluding hydrogens is 492 g/mol. The first kappa shape index (κ1) is 25.8. The van der Waals surface area contributed by atoms with E-state index >= 15 is 0 Å². The van der Waals surface area contributed by atoms with Crippen LogP contribution in [-0.4, -0.2) is 11.8 Å². The van der Waals surface area contributed by atoms with Crippen molar-refractivity contribution in [2.45, 2.75) is 0 Å². The van der Waals surface area contributed by atoms with Gasteiger partial charge in [-0.3, -0.25) is 9.59 Å². The zero-order valence-electron chi connectivity index (χ0n) is 21.5. The lowest BCUT2D eigenvalue weighted by Crippen LogP contribution is -2.15. The number of carbonyl (C=O) groups excluding carboxylic acids is 2. The van der Waals surface area contributed by atoms with Gasteiger partial charge < -0.3 is 10.6 Å². The minimum atomic E-state index is -0.306. The van der Waals surface area contributed by atoms with Crippen molar-refractivity contribution in [3.63, 3.8) is 0 Å². The Balaban J connectivity index is 1.19. The second kappa shape index (κ2) is 12.6. The third kappa shape index (κ3) is 7.13. The Bertz CT molecular complexity index is 1620. The van der Waals surface area contributed by atoms with Crippen LogP contribution in [-0.2, 0) is 0 Å². The molecule has 2 N–H and O–H groups in total. The highest BCUT2D eigenvalue weighted by atomic mass is 16.2. The van der Waals surface area contributed by atoms with Crippen LogP contribution in [0, 0.1) is 23.7 Å². The van der Waals surface area contributed by atoms with Crippen molar-refractivity contribution in [2.75, 3.05) is 10.6 Å². The molecule has 0 aliphatic carbocycles. The van der Waals surface area contributed by atoms with E-state index in [0.29, 0.717) is 22.5 Å². The van der Waals surface area contributed by atoms with E-state index in [4.69, 9.17) is 0 Å². The first-order valence-electron chi connectivity index (χ1n) is 12.7. The summed E-state index contributed by atoms with van der Waals surface area (Å²) < 4.78 is 0. The fourth-order valence-corrected chi connectivity index (χ4v) is 3.81. The number of hydrogen-bond donors (Lipinski definition) is 2. The van der Waals surface area contributed by atoms with Crippen molar-refractivity contribution in [1.29, 1.82) is 0 Å². The van der Waals surface area contributed by atoms with Crippen molar-refractivity contribution < 1.29 is 9.59 Å². The van der Waals surface area contributed by atoms with Crippen molar-refractivity contribution >= 4 is 23.2 Å². The van der Waals surface area contributed by atoms with Gasteiger partial charge >= 0.3 is 0 Å². The highest BCUT2D eigenvalue weighted by Crippen LogP contribution is 2.15. The minimum absolute atomic E-state index is 0.306. The van der Waals surface area contributed by atoms with Crippen molar-refractivity contribution in [3.05, 3.63) is 167 Å². The SMILES string of the molecule is O=C(Nc1ccc(C#Cc2ccccc2)cc1)c1cccc(C(=O)Nc2ccc(C#Cc3ccccc3)cc2)c1. The van der Waals surface area contributed by atoms with Crippen LogP contribution in [0.3, 0.4) is 0 Å². The number of carbonyl (C=O) groups is 2. The van der Waals surface area contributed by atoms with Gasteiger partial charge in [-0.15, -0.1) is 0 Å². The fourth-order valence-electron chi connectivity index (χ4n) is 3.81. The molecule has 2 amide bonds. The highest BCUT2D eigenvalue weighted by molar-refractivity contribution is 6.08. The van der Waals surface area contributed by atoms with Gasteiger partial charge in [0.15, 0.2) is 0 Å². The van der Waals surface area contributed by atoms with Crippen LogP contribution >= 0.6 is 0 Å². The van der Waals surface area contributed by atoms with E-state index in [1.807, 2.05) is 84.9 Å². The van der Waals surface area contributed by atoms with Crippen LogP contribution in [0.5, 0.6) is 0 Å². The molecule has 190 valence electrons. The summed E-state index contributed by atoms with van der Waals surface area (Å²) in [5, 5.41) is 5.75. The predicted molar refractivity (Wildman–Crippen MR) is 160 cm³/mol. The van der Waals surface area contributed by atoms with E-state index in [1.165, 1.54) is 0 Å². The quantitative estimate of drug-likeness (QED) is 0.253. The van der Waals surface area contributed by atoms with Crippen LogP contribution < -0.4 is 10.6 Å². The average molecular weight is 517 g/mol. The van der Waals surface area contributed by atoms with Crippen LogP contribution in [0.15, 0.2) is 133 Å². The third-order valence-electron chi connectivity index (χ3n) is 5.92. The molecule has 0 aliphatic heterocycles. The van der Waals surface area contributed by atoms with Crippen molar-refractivity contribution in [2.24, 2.45) is 0 Å². The van der Waals surface area contributed by atoms with Crippen LogP contribution in [0.25, 0.3) is 0 Å². The van der Waals surface area contributed by atoms with Crippen LogP contribution in [0.1, 0.15) is 43.0 Å². The van der Waals surface area contributed by atoms with Gasteiger partial charge in [-0.2, -0.15) is 0 Å². The largest absolute Gasteiger partial charge is 0.322 e. The molecule has 0 saturated carbocycles. The standard InChI is InChI=1S/C36H24N2O2/c39-35(37-33-22-18-29(19-23-33)16-14-27-8-3-1-4-9-27)31-12-7-13-32(26-31)36(40)38-34-24-20-30(21-25-34)17-15-28-10-5-2-6-11-28/h1-13,18-26H,(H,37,39)(H,38,40). The third-order valence-corrected chi connectivity index (χ3v) is 5.92. The summed E-state index contributed by atoms with van der Waals surface area (Å²) in [5.41, 5.74) is 5.61. The smallest absolute Gasteiger partial charge is 0.255 e. The Labute approximate surface area is 233 Å². The Morgan fingerprint density at radius 1 is 0.400 bits per heavy atom. The molecule has 5 rings (SSSR count). The topological polar surface area (TPSA) is 58.2 Å². The first-order valence-corrected chi connectivity index (χ1v) is 12.7. The molecule has 0 aliphatic rings. The highest BCUT2D eigenvalue weighted by Gasteiger charge is 2.11. The van der Waals surface area contributed by atoms with E-state index in [2.05, 4.69) is 34.3 Å². The van der Waals surface area contributed by atoms with E-state index < -0.39 is 0 Å². The number of rotatable bonds is 4. The fraction of sp³-hybridized carbons (Fsp3) is 0. The number of hydrogen-bond acceptors (Lipinski definition) is 2. The summed E-state index contributed by atoms with van der Waals surface area (Å²) in [5.74, 6) is 11.8. The van der Waals surface area contributed by atoms with Crippen LogP contribution in [0.4, 0.5) is 11.4 Å². The molecule has 0 aromatic heterocycles. The van der Waals surface area contributed by atoms with E-state index in [-0.39, 0.29) is 11.8 Å². The molecule has 40 heavy (non-hydrogen) atoms. The van der Waals surface area contributed by atoms with Crippen LogP contribution in [0.2, 0.25) is 0 Å². The second-order valence-electron chi connectivity index (χ2n) is 8.88. The molecule has 0 atom stereocenters. The summed E-state index contributed by atoms with van der Waals surface area (Å²) in [7, 11) is 0. The lowest BCUT2D eigenvalue weighted by molar-refractivity contribution is 0.102. The molecule has 0 spiro atoms. The molecule has 4 heteroatoms. The molecule has 0 unspecified atom stereocenters. The molecule has 4 nitrogen and oxygen atoms in total. The number of benzene rings is 5. The zero-order chi connectivity index (χ0) is 27.6. The number of amides is 2. The summed E-state index contributed by atoms with van der Waals surface area (Å²) in [4.78, 5) is 25.7. The number of nitrogens with one attached hydrogen (secondary N) is 2. The Morgan fingerprint density at radius 2 is 0.750 bits per heavy atom. The molecule has 0 bridgehead atoms. The van der Waals surface area contributed by atoms with Gasteiger partial charge in [0.05, 0.1) is 0 Å². The van der Waals surface area contributed by atoms with Gasteiger partial charge in [0.25, 0.3) is 11.8 Å². The molecule has 0 radical (unpaired) electrons. The summed E-state index contributed by atoms with van der Waals surface area (Å²) in [6.07, 6.45) is 0. The predicted octanol–water partition coefficient (Wildman–Crippen LogP) is 6.99. The van der Waals surface area contributed by atoms with E-state index in [9.17, 15) is 9.59 Å².